The van der Waals surface area contributed by atoms with Gasteiger partial charge in [0.25, 0.3) is 0 Å². The molecule has 1 unspecified atom stereocenters. The number of rotatable bonds is 1. The lowest BCUT2D eigenvalue weighted by molar-refractivity contribution is 0.106. The van der Waals surface area contributed by atoms with Crippen LogP contribution in [0.4, 0.5) is 0 Å². The highest BCUT2D eigenvalue weighted by Crippen LogP contribution is 1.95. The summed E-state index contributed by atoms with van der Waals surface area (Å²) in [6.07, 6.45) is -0.217. The Morgan fingerprint density at radius 3 is 2.58 bits per heavy atom. The molecule has 0 amide bonds. The van der Waals surface area contributed by atoms with Crippen molar-refractivity contribution in [2.75, 3.05) is 0 Å². The van der Waals surface area contributed by atoms with Gasteiger partial charge >= 0.3 is 0 Å². The molecular formula is C10H11NO. The van der Waals surface area contributed by atoms with E-state index in [0.717, 1.165) is 5.56 Å². The molecule has 0 aliphatic carbocycles. The third-order valence-electron chi connectivity index (χ3n) is 1.40. The minimum absolute atomic E-state index is 0.217. The number of hydrogen-bond donors (Lipinski definition) is 1. The van der Waals surface area contributed by atoms with Crippen LogP contribution in [0.25, 0.3) is 0 Å². The lowest BCUT2D eigenvalue weighted by atomic mass is 10.2. The van der Waals surface area contributed by atoms with Gasteiger partial charge in [-0.1, -0.05) is 30.0 Å². The second-order valence-electron chi connectivity index (χ2n) is 2.41. The zero-order valence-electron chi connectivity index (χ0n) is 6.95. The van der Waals surface area contributed by atoms with Crippen molar-refractivity contribution in [2.24, 2.45) is 5.90 Å². The molecule has 1 aromatic rings. The second-order valence-corrected chi connectivity index (χ2v) is 2.41. The van der Waals surface area contributed by atoms with Gasteiger partial charge in [0.05, 0.1) is 0 Å². The van der Waals surface area contributed by atoms with Crippen molar-refractivity contribution in [1.29, 1.82) is 0 Å². The van der Waals surface area contributed by atoms with E-state index in [1.165, 1.54) is 0 Å². The van der Waals surface area contributed by atoms with Gasteiger partial charge in [0.2, 0.25) is 0 Å². The van der Waals surface area contributed by atoms with Gasteiger partial charge in [-0.25, -0.2) is 5.90 Å². The summed E-state index contributed by atoms with van der Waals surface area (Å²) in [4.78, 5) is 4.50. The summed E-state index contributed by atoms with van der Waals surface area (Å²) >= 11 is 0. The SMILES string of the molecule is CC(C#Cc1ccccc1)ON. The van der Waals surface area contributed by atoms with E-state index in [0.29, 0.717) is 0 Å². The first kappa shape index (κ1) is 8.79. The van der Waals surface area contributed by atoms with Crippen molar-refractivity contribution in [3.63, 3.8) is 0 Å². The average molecular weight is 161 g/mol. The topological polar surface area (TPSA) is 35.2 Å². The van der Waals surface area contributed by atoms with Crippen LogP contribution < -0.4 is 5.90 Å². The zero-order valence-corrected chi connectivity index (χ0v) is 6.95. The smallest absolute Gasteiger partial charge is 0.136 e. The van der Waals surface area contributed by atoms with Crippen LogP contribution in [-0.2, 0) is 4.84 Å². The summed E-state index contributed by atoms with van der Waals surface area (Å²) in [5, 5.41) is 0. The molecule has 0 saturated heterocycles. The summed E-state index contributed by atoms with van der Waals surface area (Å²) in [5.74, 6) is 10.7. The van der Waals surface area contributed by atoms with Crippen molar-refractivity contribution in [1.82, 2.24) is 0 Å². The molecule has 0 saturated carbocycles. The van der Waals surface area contributed by atoms with Gasteiger partial charge in [-0.05, 0) is 19.1 Å². The molecule has 2 nitrogen and oxygen atoms in total. The number of hydrogen-bond acceptors (Lipinski definition) is 2. The van der Waals surface area contributed by atoms with Crippen molar-refractivity contribution >= 4 is 0 Å². The molecule has 0 bridgehead atoms. The van der Waals surface area contributed by atoms with Crippen LogP contribution in [0.15, 0.2) is 30.3 Å². The fourth-order valence-electron chi connectivity index (χ4n) is 0.740. The molecule has 12 heavy (non-hydrogen) atoms. The normalized spacial score (nSPS) is 11.5. The summed E-state index contributed by atoms with van der Waals surface area (Å²) in [6.45, 7) is 1.80. The summed E-state index contributed by atoms with van der Waals surface area (Å²) in [7, 11) is 0. The Hall–Kier alpha value is -1.30. The molecule has 0 heterocycles. The lowest BCUT2D eigenvalue weighted by Gasteiger charge is -1.96. The predicted octanol–water partition coefficient (Wildman–Crippen LogP) is 1.32. The summed E-state index contributed by atoms with van der Waals surface area (Å²) < 4.78 is 0. The van der Waals surface area contributed by atoms with Gasteiger partial charge in [0.15, 0.2) is 0 Å². The van der Waals surface area contributed by atoms with Gasteiger partial charge in [0, 0.05) is 5.56 Å². The van der Waals surface area contributed by atoms with E-state index in [2.05, 4.69) is 16.7 Å². The minimum atomic E-state index is -0.217. The molecule has 0 aromatic heterocycles. The van der Waals surface area contributed by atoms with E-state index in [9.17, 15) is 0 Å². The van der Waals surface area contributed by atoms with Crippen LogP contribution in [0.2, 0.25) is 0 Å². The monoisotopic (exact) mass is 161 g/mol. The molecule has 1 atom stereocenters. The molecule has 62 valence electrons. The van der Waals surface area contributed by atoms with E-state index in [-0.39, 0.29) is 6.10 Å². The molecule has 0 aliphatic rings. The third kappa shape index (κ3) is 2.75. The first-order valence-corrected chi connectivity index (χ1v) is 3.75. The average Bonchev–Trinajstić information content (AvgIpc) is 2.16. The van der Waals surface area contributed by atoms with E-state index in [1.54, 1.807) is 6.92 Å². The number of nitrogens with two attached hydrogens (primary N) is 1. The maximum atomic E-state index is 4.93. The highest BCUT2D eigenvalue weighted by Gasteiger charge is 1.89. The fourth-order valence-corrected chi connectivity index (χ4v) is 0.740. The Balaban J connectivity index is 2.67. The Morgan fingerprint density at radius 2 is 2.00 bits per heavy atom. The quantitative estimate of drug-likeness (QED) is 0.498. The van der Waals surface area contributed by atoms with E-state index < -0.39 is 0 Å². The highest BCUT2D eigenvalue weighted by molar-refractivity contribution is 5.34. The van der Waals surface area contributed by atoms with Crippen molar-refractivity contribution in [3.8, 4) is 11.8 Å². The molecule has 1 rings (SSSR count). The van der Waals surface area contributed by atoms with Crippen molar-refractivity contribution in [3.05, 3.63) is 35.9 Å². The van der Waals surface area contributed by atoms with Gasteiger partial charge in [0.1, 0.15) is 6.10 Å². The first-order chi connectivity index (χ1) is 5.83. The van der Waals surface area contributed by atoms with Crippen molar-refractivity contribution < 1.29 is 4.84 Å². The standard InChI is InChI=1S/C10H11NO/c1-9(12-11)7-8-10-5-3-2-4-6-10/h2-6,9H,11H2,1H3. The fraction of sp³-hybridized carbons (Fsp3) is 0.200. The summed E-state index contributed by atoms with van der Waals surface area (Å²) in [6, 6.07) is 9.72. The van der Waals surface area contributed by atoms with E-state index in [1.807, 2.05) is 30.3 Å². The molecule has 1 aromatic carbocycles. The second kappa shape index (κ2) is 4.55. The lowest BCUT2D eigenvalue weighted by Crippen LogP contribution is -2.10. The predicted molar refractivity (Wildman–Crippen MR) is 48.1 cm³/mol. The van der Waals surface area contributed by atoms with Gasteiger partial charge in [-0.3, -0.25) is 4.84 Å². The zero-order chi connectivity index (χ0) is 8.81. The van der Waals surface area contributed by atoms with Crippen LogP contribution in [0.5, 0.6) is 0 Å². The Bertz CT molecular complexity index is 284. The van der Waals surface area contributed by atoms with Gasteiger partial charge < -0.3 is 0 Å². The van der Waals surface area contributed by atoms with Gasteiger partial charge in [-0.2, -0.15) is 0 Å². The van der Waals surface area contributed by atoms with Gasteiger partial charge in [-0.15, -0.1) is 0 Å². The van der Waals surface area contributed by atoms with Crippen LogP contribution >= 0.6 is 0 Å². The first-order valence-electron chi connectivity index (χ1n) is 3.75. The maximum Gasteiger partial charge on any atom is 0.136 e. The number of benzene rings is 1. The molecule has 0 spiro atoms. The largest absolute Gasteiger partial charge is 0.289 e. The Morgan fingerprint density at radius 1 is 1.33 bits per heavy atom. The van der Waals surface area contributed by atoms with E-state index >= 15 is 0 Å². The minimum Gasteiger partial charge on any atom is -0.289 e. The van der Waals surface area contributed by atoms with Crippen molar-refractivity contribution in [2.45, 2.75) is 13.0 Å². The van der Waals surface area contributed by atoms with Crippen LogP contribution in [0.3, 0.4) is 0 Å². The van der Waals surface area contributed by atoms with Crippen LogP contribution in [0, 0.1) is 11.8 Å². The molecule has 0 aliphatic heterocycles. The Kier molecular flexibility index (Phi) is 3.34. The summed E-state index contributed by atoms with van der Waals surface area (Å²) in [5.41, 5.74) is 0.974. The van der Waals surface area contributed by atoms with Crippen LogP contribution in [-0.4, -0.2) is 6.10 Å². The highest BCUT2D eigenvalue weighted by atomic mass is 16.6. The molecule has 2 N–H and O–H groups in total. The van der Waals surface area contributed by atoms with Crippen LogP contribution in [0.1, 0.15) is 12.5 Å². The molecular weight excluding hydrogens is 150 g/mol. The molecule has 2 heteroatoms. The van der Waals surface area contributed by atoms with E-state index in [4.69, 9.17) is 5.90 Å². The maximum absolute atomic E-state index is 4.93. The molecule has 0 radical (unpaired) electrons. The third-order valence-corrected chi connectivity index (χ3v) is 1.40. The molecule has 0 fully saturated rings. The Labute approximate surface area is 72.3 Å².